The van der Waals surface area contributed by atoms with Crippen molar-refractivity contribution >= 4 is 23.4 Å². The molecule has 34 heavy (non-hydrogen) atoms. The highest BCUT2D eigenvalue weighted by molar-refractivity contribution is 6.10. The van der Waals surface area contributed by atoms with Gasteiger partial charge in [-0.2, -0.15) is 0 Å². The molecule has 7 nitrogen and oxygen atoms in total. The Bertz CT molecular complexity index is 1170. The van der Waals surface area contributed by atoms with Crippen LogP contribution >= 0.6 is 0 Å². The number of hydrogen-bond donors (Lipinski definition) is 1. The fourth-order valence-electron chi connectivity index (χ4n) is 6.16. The number of allylic oxidation sites excluding steroid dienone is 2. The van der Waals surface area contributed by atoms with Crippen LogP contribution in [0.3, 0.4) is 0 Å². The minimum Gasteiger partial charge on any atom is -0.493 e. The number of rotatable bonds is 6. The highest BCUT2D eigenvalue weighted by atomic mass is 16.5. The first kappa shape index (κ1) is 21.0. The number of hydrogen-bond acceptors (Lipinski definition) is 5. The van der Waals surface area contributed by atoms with Crippen LogP contribution in [-0.4, -0.2) is 35.8 Å². The molecule has 2 aromatic carbocycles. The van der Waals surface area contributed by atoms with Gasteiger partial charge in [-0.3, -0.25) is 19.3 Å². The highest BCUT2D eigenvalue weighted by Gasteiger charge is 2.67. The number of nitrogens with zero attached hydrogens (tertiary/aromatic N) is 1. The molecule has 1 saturated heterocycles. The fraction of sp³-hybridized carbons (Fsp3) is 0.370. The first-order valence-electron chi connectivity index (χ1n) is 11.7. The number of ether oxygens (including phenoxy) is 2. The summed E-state index contributed by atoms with van der Waals surface area (Å²) < 4.78 is 11.2. The first-order chi connectivity index (χ1) is 16.5. The maximum Gasteiger partial charge on any atom is 0.247 e. The van der Waals surface area contributed by atoms with E-state index in [9.17, 15) is 14.4 Å². The summed E-state index contributed by atoms with van der Waals surface area (Å²) in [5.41, 5.74) is 0.559. The molecule has 0 radical (unpaired) electrons. The van der Waals surface area contributed by atoms with Gasteiger partial charge in [0.25, 0.3) is 0 Å². The maximum atomic E-state index is 13.2. The third-order valence-electron chi connectivity index (χ3n) is 7.88. The van der Waals surface area contributed by atoms with Crippen LogP contribution in [0.25, 0.3) is 0 Å². The van der Waals surface area contributed by atoms with Crippen molar-refractivity contribution in [3.05, 3.63) is 60.7 Å². The van der Waals surface area contributed by atoms with Gasteiger partial charge in [-0.1, -0.05) is 24.3 Å². The number of benzene rings is 2. The SMILES string of the molecule is COc1ccccc1Oc1ccc(NC(=O)[C@H](C)N2C(=O)[C@@H]3[C@H]4C=C[C@@H]([C@@H]5C[C@@H]45)[C@@H]3C2=O)cc1. The lowest BCUT2D eigenvalue weighted by atomic mass is 9.63. The van der Waals surface area contributed by atoms with E-state index in [1.807, 2.05) is 24.3 Å². The summed E-state index contributed by atoms with van der Waals surface area (Å²) in [6.45, 7) is 1.62. The fourth-order valence-corrected chi connectivity index (χ4v) is 6.16. The van der Waals surface area contributed by atoms with Gasteiger partial charge in [-0.25, -0.2) is 0 Å². The number of imide groups is 1. The van der Waals surface area contributed by atoms with Gasteiger partial charge >= 0.3 is 0 Å². The number of nitrogens with one attached hydrogen (secondary N) is 1. The molecule has 3 amide bonds. The van der Waals surface area contributed by atoms with E-state index in [-0.39, 0.29) is 41.4 Å². The van der Waals surface area contributed by atoms with E-state index in [0.717, 1.165) is 6.42 Å². The zero-order valence-corrected chi connectivity index (χ0v) is 19.0. The lowest BCUT2D eigenvalue weighted by molar-refractivity contribution is -0.146. The molecule has 3 fully saturated rings. The monoisotopic (exact) mass is 458 g/mol. The number of likely N-dealkylation sites (tertiary alicyclic amines) is 1. The average molecular weight is 459 g/mol. The van der Waals surface area contributed by atoms with Crippen molar-refractivity contribution in [2.45, 2.75) is 19.4 Å². The zero-order valence-electron chi connectivity index (χ0n) is 19.0. The first-order valence-corrected chi connectivity index (χ1v) is 11.7. The molecule has 5 aliphatic rings. The van der Waals surface area contributed by atoms with Gasteiger partial charge in [0.2, 0.25) is 17.7 Å². The Morgan fingerprint density at radius 2 is 1.53 bits per heavy atom. The molecular weight excluding hydrogens is 432 g/mol. The van der Waals surface area contributed by atoms with Crippen molar-refractivity contribution in [3.63, 3.8) is 0 Å². The van der Waals surface area contributed by atoms with Crippen LogP contribution in [-0.2, 0) is 14.4 Å². The van der Waals surface area contributed by atoms with Crippen molar-refractivity contribution in [2.75, 3.05) is 12.4 Å². The predicted molar refractivity (Wildman–Crippen MR) is 124 cm³/mol. The topological polar surface area (TPSA) is 84.9 Å². The Hall–Kier alpha value is -3.61. The van der Waals surface area contributed by atoms with Gasteiger partial charge in [0.15, 0.2) is 11.5 Å². The maximum absolute atomic E-state index is 13.2. The van der Waals surface area contributed by atoms with E-state index in [0.29, 0.717) is 34.8 Å². The molecule has 7 rings (SSSR count). The Balaban J connectivity index is 1.13. The van der Waals surface area contributed by atoms with E-state index in [1.165, 1.54) is 4.90 Å². The largest absolute Gasteiger partial charge is 0.493 e. The summed E-state index contributed by atoms with van der Waals surface area (Å²) in [5, 5.41) is 2.83. The normalized spacial score (nSPS) is 31.1. The molecule has 7 heteroatoms. The van der Waals surface area contributed by atoms with E-state index in [1.54, 1.807) is 38.3 Å². The third-order valence-corrected chi connectivity index (χ3v) is 7.88. The molecular formula is C27H26N2O5. The standard InChI is InChI=1S/C27H26N2O5/c1-14(29-26(31)23-17-11-12-18(20-13-19(17)20)24(23)27(29)32)25(30)28-15-7-9-16(10-8-15)34-22-6-4-3-5-21(22)33-2/h3-12,14,17-20,23-24H,13H2,1-2H3,(H,28,30)/t14-,17-,18-,19-,20-,23-,24+/m0/s1. The van der Waals surface area contributed by atoms with E-state index in [2.05, 4.69) is 17.5 Å². The Kier molecular flexibility index (Phi) is 4.76. The van der Waals surface area contributed by atoms with Gasteiger partial charge in [-0.15, -0.1) is 0 Å². The minimum atomic E-state index is -0.870. The van der Waals surface area contributed by atoms with Crippen LogP contribution in [0.1, 0.15) is 13.3 Å². The Labute approximate surface area is 197 Å². The van der Waals surface area contributed by atoms with Crippen molar-refractivity contribution < 1.29 is 23.9 Å². The minimum absolute atomic E-state index is 0.146. The summed E-state index contributed by atoms with van der Waals surface area (Å²) in [4.78, 5) is 40.7. The summed E-state index contributed by atoms with van der Waals surface area (Å²) in [7, 11) is 1.58. The van der Waals surface area contributed by atoms with E-state index >= 15 is 0 Å². The molecule has 7 atom stereocenters. The second kappa shape index (κ2) is 7.72. The van der Waals surface area contributed by atoms with Crippen LogP contribution in [0.5, 0.6) is 17.2 Å². The molecule has 1 N–H and O–H groups in total. The lowest BCUT2D eigenvalue weighted by Crippen LogP contribution is -2.46. The number of carbonyl (C=O) groups excluding carboxylic acids is 3. The molecule has 4 aliphatic carbocycles. The summed E-state index contributed by atoms with van der Waals surface area (Å²) >= 11 is 0. The summed E-state index contributed by atoms with van der Waals surface area (Å²) in [6.07, 6.45) is 5.38. The quantitative estimate of drug-likeness (QED) is 0.525. The Morgan fingerprint density at radius 3 is 2.12 bits per heavy atom. The number of carbonyl (C=O) groups is 3. The zero-order chi connectivity index (χ0) is 23.6. The molecule has 0 unspecified atom stereocenters. The van der Waals surface area contributed by atoms with Crippen LogP contribution < -0.4 is 14.8 Å². The predicted octanol–water partition coefficient (Wildman–Crippen LogP) is 3.87. The molecule has 1 heterocycles. The molecule has 2 aromatic rings. The van der Waals surface area contributed by atoms with Crippen molar-refractivity contribution in [1.29, 1.82) is 0 Å². The lowest BCUT2D eigenvalue weighted by Gasteiger charge is -2.37. The van der Waals surface area contributed by atoms with Crippen LogP contribution in [0.15, 0.2) is 60.7 Å². The van der Waals surface area contributed by atoms with Gasteiger partial charge in [0.1, 0.15) is 11.8 Å². The van der Waals surface area contributed by atoms with Crippen LogP contribution in [0.2, 0.25) is 0 Å². The number of para-hydroxylation sites is 2. The highest BCUT2D eigenvalue weighted by Crippen LogP contribution is 2.65. The van der Waals surface area contributed by atoms with Crippen molar-refractivity contribution in [3.8, 4) is 17.2 Å². The molecule has 2 bridgehead atoms. The van der Waals surface area contributed by atoms with Gasteiger partial charge in [-0.05, 0) is 73.4 Å². The van der Waals surface area contributed by atoms with E-state index in [4.69, 9.17) is 9.47 Å². The van der Waals surface area contributed by atoms with Crippen LogP contribution in [0.4, 0.5) is 5.69 Å². The summed E-state index contributed by atoms with van der Waals surface area (Å²) in [6, 6.07) is 13.4. The number of methoxy groups -OCH3 is 1. The Morgan fingerprint density at radius 1 is 0.941 bits per heavy atom. The van der Waals surface area contributed by atoms with E-state index < -0.39 is 6.04 Å². The van der Waals surface area contributed by atoms with Crippen molar-refractivity contribution in [2.24, 2.45) is 35.5 Å². The number of amides is 3. The third kappa shape index (κ3) is 3.14. The second-order valence-corrected chi connectivity index (χ2v) is 9.64. The average Bonchev–Trinajstić information content (AvgIpc) is 3.63. The van der Waals surface area contributed by atoms with Crippen molar-refractivity contribution in [1.82, 2.24) is 4.90 Å². The number of anilines is 1. The summed E-state index contributed by atoms with van der Waals surface area (Å²) in [5.74, 6) is 1.79. The molecule has 2 saturated carbocycles. The van der Waals surface area contributed by atoms with Gasteiger partial charge in [0.05, 0.1) is 18.9 Å². The second-order valence-electron chi connectivity index (χ2n) is 9.64. The smallest absolute Gasteiger partial charge is 0.247 e. The van der Waals surface area contributed by atoms with Gasteiger partial charge in [0, 0.05) is 5.69 Å². The molecule has 0 aromatic heterocycles. The molecule has 0 spiro atoms. The van der Waals surface area contributed by atoms with Crippen LogP contribution in [0, 0.1) is 35.5 Å². The molecule has 1 aliphatic heterocycles. The molecule has 174 valence electrons. The van der Waals surface area contributed by atoms with Gasteiger partial charge < -0.3 is 14.8 Å².